The van der Waals surface area contributed by atoms with Gasteiger partial charge in [0, 0.05) is 13.0 Å². The third-order valence-corrected chi connectivity index (χ3v) is 3.00. The lowest BCUT2D eigenvalue weighted by atomic mass is 10.1. The van der Waals surface area contributed by atoms with Gasteiger partial charge in [-0.15, -0.1) is 0 Å². The molecular formula is C16H19NO2. The van der Waals surface area contributed by atoms with Gasteiger partial charge in [-0.3, -0.25) is 4.79 Å². The van der Waals surface area contributed by atoms with E-state index in [-0.39, 0.29) is 5.91 Å². The van der Waals surface area contributed by atoms with Gasteiger partial charge in [-0.2, -0.15) is 0 Å². The van der Waals surface area contributed by atoms with Crippen molar-refractivity contribution in [2.75, 3.05) is 6.54 Å². The fourth-order valence-electron chi connectivity index (χ4n) is 1.92. The Morgan fingerprint density at radius 2 is 1.95 bits per heavy atom. The summed E-state index contributed by atoms with van der Waals surface area (Å²) in [6.45, 7) is 2.66. The number of hydrogen-bond donors (Lipinski definition) is 1. The van der Waals surface area contributed by atoms with Gasteiger partial charge in [-0.05, 0) is 30.5 Å². The van der Waals surface area contributed by atoms with Crippen molar-refractivity contribution in [1.29, 1.82) is 0 Å². The molecule has 2 aromatic rings. The Hall–Kier alpha value is -2.03. The molecule has 0 spiro atoms. The molecule has 2 rings (SSSR count). The number of nitrogens with one attached hydrogen (secondary N) is 1. The van der Waals surface area contributed by atoms with Gasteiger partial charge in [0.2, 0.25) is 0 Å². The van der Waals surface area contributed by atoms with Crippen molar-refractivity contribution >= 4 is 5.91 Å². The van der Waals surface area contributed by atoms with Gasteiger partial charge in [0.05, 0.1) is 0 Å². The van der Waals surface area contributed by atoms with E-state index >= 15 is 0 Å². The summed E-state index contributed by atoms with van der Waals surface area (Å²) >= 11 is 0. The molecule has 0 unspecified atom stereocenters. The van der Waals surface area contributed by atoms with E-state index in [1.807, 2.05) is 31.2 Å². The van der Waals surface area contributed by atoms with Crippen molar-refractivity contribution in [2.45, 2.75) is 26.2 Å². The molecular weight excluding hydrogens is 238 g/mol. The monoisotopic (exact) mass is 257 g/mol. The molecule has 1 heterocycles. The van der Waals surface area contributed by atoms with Gasteiger partial charge >= 0.3 is 0 Å². The number of furan rings is 1. The van der Waals surface area contributed by atoms with Crippen LogP contribution in [-0.4, -0.2) is 12.5 Å². The van der Waals surface area contributed by atoms with Gasteiger partial charge < -0.3 is 9.73 Å². The number of carbonyl (C=O) groups excluding carboxylic acids is 1. The van der Waals surface area contributed by atoms with Crippen molar-refractivity contribution < 1.29 is 9.21 Å². The normalized spacial score (nSPS) is 10.4. The molecule has 0 aliphatic rings. The minimum atomic E-state index is -0.132. The Balaban J connectivity index is 1.72. The highest BCUT2D eigenvalue weighted by molar-refractivity contribution is 5.91. The lowest BCUT2D eigenvalue weighted by Crippen LogP contribution is -2.24. The highest BCUT2D eigenvalue weighted by atomic mass is 16.3. The smallest absolute Gasteiger partial charge is 0.286 e. The zero-order valence-corrected chi connectivity index (χ0v) is 11.2. The molecule has 19 heavy (non-hydrogen) atoms. The second-order valence-corrected chi connectivity index (χ2v) is 4.46. The van der Waals surface area contributed by atoms with Crippen LogP contribution in [0.25, 0.3) is 0 Å². The third-order valence-electron chi connectivity index (χ3n) is 3.00. The van der Waals surface area contributed by atoms with Crippen molar-refractivity contribution in [2.24, 2.45) is 0 Å². The van der Waals surface area contributed by atoms with Gasteiger partial charge in [0.1, 0.15) is 5.76 Å². The fraction of sp³-hybridized carbons (Fsp3) is 0.312. The summed E-state index contributed by atoms with van der Waals surface area (Å²) in [4.78, 5) is 11.8. The summed E-state index contributed by atoms with van der Waals surface area (Å²) in [5.41, 5.74) is 1.29. The van der Waals surface area contributed by atoms with Crippen molar-refractivity contribution in [3.8, 4) is 0 Å². The summed E-state index contributed by atoms with van der Waals surface area (Å²) < 4.78 is 5.40. The number of aryl methyl sites for hydroxylation is 2. The third kappa shape index (κ3) is 3.98. The Labute approximate surface area is 113 Å². The predicted molar refractivity (Wildman–Crippen MR) is 75.2 cm³/mol. The number of hydrogen-bond acceptors (Lipinski definition) is 2. The van der Waals surface area contributed by atoms with Crippen molar-refractivity contribution in [1.82, 2.24) is 5.32 Å². The molecule has 0 fully saturated rings. The molecule has 0 radical (unpaired) electrons. The molecule has 1 amide bonds. The maximum atomic E-state index is 11.8. The first-order chi connectivity index (χ1) is 9.29. The molecule has 0 aliphatic heterocycles. The molecule has 0 atom stereocenters. The van der Waals surface area contributed by atoms with Crippen LogP contribution in [0.15, 0.2) is 46.9 Å². The van der Waals surface area contributed by atoms with Gasteiger partial charge in [-0.1, -0.05) is 37.3 Å². The summed E-state index contributed by atoms with van der Waals surface area (Å²) in [7, 11) is 0. The number of benzene rings is 1. The van der Waals surface area contributed by atoms with E-state index in [2.05, 4.69) is 17.4 Å². The topological polar surface area (TPSA) is 42.2 Å². The average Bonchev–Trinajstić information content (AvgIpc) is 2.93. The van der Waals surface area contributed by atoms with Gasteiger partial charge in [0.25, 0.3) is 5.91 Å². The second kappa shape index (κ2) is 6.78. The van der Waals surface area contributed by atoms with Crippen LogP contribution >= 0.6 is 0 Å². The van der Waals surface area contributed by atoms with Crippen LogP contribution in [0.4, 0.5) is 0 Å². The Morgan fingerprint density at radius 3 is 2.63 bits per heavy atom. The van der Waals surface area contributed by atoms with E-state index in [9.17, 15) is 4.79 Å². The van der Waals surface area contributed by atoms with Crippen LogP contribution in [0, 0.1) is 0 Å². The van der Waals surface area contributed by atoms with E-state index in [0.717, 1.165) is 25.0 Å². The molecule has 1 aromatic carbocycles. The first kappa shape index (κ1) is 13.4. The summed E-state index contributed by atoms with van der Waals surface area (Å²) in [6, 6.07) is 13.8. The van der Waals surface area contributed by atoms with E-state index < -0.39 is 0 Å². The molecule has 0 saturated carbocycles. The molecule has 1 N–H and O–H groups in total. The standard InChI is InChI=1S/C16H19NO2/c1-2-14-10-11-15(19-14)16(18)17-12-6-9-13-7-4-3-5-8-13/h3-5,7-8,10-11H,2,6,9,12H2,1H3,(H,17,18). The van der Waals surface area contributed by atoms with Crippen LogP contribution < -0.4 is 5.32 Å². The fourth-order valence-corrected chi connectivity index (χ4v) is 1.92. The molecule has 0 aliphatic carbocycles. The molecule has 3 heteroatoms. The SMILES string of the molecule is CCc1ccc(C(=O)NCCCc2ccccc2)o1. The van der Waals surface area contributed by atoms with Crippen LogP contribution in [-0.2, 0) is 12.8 Å². The minimum absolute atomic E-state index is 0.132. The average molecular weight is 257 g/mol. The van der Waals surface area contributed by atoms with Crippen LogP contribution in [0.1, 0.15) is 35.2 Å². The van der Waals surface area contributed by atoms with Gasteiger partial charge in [0.15, 0.2) is 5.76 Å². The number of amides is 1. The maximum Gasteiger partial charge on any atom is 0.286 e. The zero-order chi connectivity index (χ0) is 13.5. The van der Waals surface area contributed by atoms with Crippen LogP contribution in [0.3, 0.4) is 0 Å². The first-order valence-corrected chi connectivity index (χ1v) is 6.70. The van der Waals surface area contributed by atoms with E-state index in [1.165, 1.54) is 5.56 Å². The number of carbonyl (C=O) groups is 1. The lowest BCUT2D eigenvalue weighted by Gasteiger charge is -2.03. The summed E-state index contributed by atoms with van der Waals surface area (Å²) in [6.07, 6.45) is 2.71. The minimum Gasteiger partial charge on any atom is -0.456 e. The lowest BCUT2D eigenvalue weighted by molar-refractivity contribution is 0.0924. The van der Waals surface area contributed by atoms with Crippen molar-refractivity contribution in [3.05, 3.63) is 59.5 Å². The molecule has 0 bridgehead atoms. The summed E-state index contributed by atoms with van der Waals surface area (Å²) in [5.74, 6) is 1.11. The van der Waals surface area contributed by atoms with Gasteiger partial charge in [-0.25, -0.2) is 0 Å². The van der Waals surface area contributed by atoms with Crippen LogP contribution in [0.5, 0.6) is 0 Å². The highest BCUT2D eigenvalue weighted by Gasteiger charge is 2.09. The largest absolute Gasteiger partial charge is 0.456 e. The Morgan fingerprint density at radius 1 is 1.16 bits per heavy atom. The van der Waals surface area contributed by atoms with Crippen LogP contribution in [0.2, 0.25) is 0 Å². The second-order valence-electron chi connectivity index (χ2n) is 4.46. The zero-order valence-electron chi connectivity index (χ0n) is 11.2. The first-order valence-electron chi connectivity index (χ1n) is 6.70. The predicted octanol–water partition coefficient (Wildman–Crippen LogP) is 3.20. The highest BCUT2D eigenvalue weighted by Crippen LogP contribution is 2.08. The molecule has 100 valence electrons. The molecule has 1 aromatic heterocycles. The van der Waals surface area contributed by atoms with E-state index in [0.29, 0.717) is 12.3 Å². The number of rotatable bonds is 6. The Bertz CT molecular complexity index is 517. The quantitative estimate of drug-likeness (QED) is 0.807. The molecule has 0 saturated heterocycles. The maximum absolute atomic E-state index is 11.8. The van der Waals surface area contributed by atoms with E-state index in [4.69, 9.17) is 4.42 Å². The van der Waals surface area contributed by atoms with Crippen molar-refractivity contribution in [3.63, 3.8) is 0 Å². The van der Waals surface area contributed by atoms with E-state index in [1.54, 1.807) is 6.07 Å². The molecule has 3 nitrogen and oxygen atoms in total. The summed E-state index contributed by atoms with van der Waals surface area (Å²) in [5, 5.41) is 2.87. The Kier molecular flexibility index (Phi) is 4.78.